The number of carbonyl (C=O) groups excluding carboxylic acids is 1. The molecule has 1 aliphatic rings. The topological polar surface area (TPSA) is 83.6 Å². The number of benzene rings is 1. The zero-order chi connectivity index (χ0) is 15.6. The van der Waals surface area contributed by atoms with Crippen molar-refractivity contribution in [3.63, 3.8) is 0 Å². The molecule has 1 amide bonds. The number of carboxylic acids is 1. The molecule has 0 saturated carbocycles. The minimum Gasteiger partial charge on any atom is -0.478 e. The summed E-state index contributed by atoms with van der Waals surface area (Å²) in [6, 6.07) is 4.40. The van der Waals surface area contributed by atoms with Gasteiger partial charge in [-0.2, -0.15) is 0 Å². The first kappa shape index (κ1) is 15.4. The number of rotatable bonds is 4. The number of piperidine rings is 1. The maximum Gasteiger partial charge on any atom is 0.338 e. The van der Waals surface area contributed by atoms with E-state index in [1.54, 1.807) is 6.07 Å². The van der Waals surface area contributed by atoms with Gasteiger partial charge in [0, 0.05) is 19.1 Å². The minimum atomic E-state index is -1.28. The molecule has 2 atom stereocenters. The minimum absolute atomic E-state index is 0.177. The Morgan fingerprint density at radius 1 is 1.43 bits per heavy atom. The molecule has 21 heavy (non-hydrogen) atoms. The number of primary amides is 1. The molecule has 1 aromatic rings. The Morgan fingerprint density at radius 2 is 2.14 bits per heavy atom. The quantitative estimate of drug-likeness (QED) is 0.883. The largest absolute Gasteiger partial charge is 0.478 e. The first-order valence-corrected chi connectivity index (χ1v) is 6.93. The predicted octanol–water partition coefficient (Wildman–Crippen LogP) is 1.61. The molecule has 0 aliphatic carbocycles. The van der Waals surface area contributed by atoms with Gasteiger partial charge in [-0.15, -0.1) is 0 Å². The predicted molar refractivity (Wildman–Crippen MR) is 75.1 cm³/mol. The third-order valence-electron chi connectivity index (χ3n) is 4.06. The number of amides is 1. The van der Waals surface area contributed by atoms with E-state index in [4.69, 9.17) is 10.8 Å². The normalized spacial score (nSPS) is 23.0. The molecule has 114 valence electrons. The lowest BCUT2D eigenvalue weighted by atomic mass is 9.92. The average molecular weight is 294 g/mol. The van der Waals surface area contributed by atoms with Gasteiger partial charge in [-0.1, -0.05) is 6.07 Å². The molecule has 1 fully saturated rings. The van der Waals surface area contributed by atoms with E-state index in [2.05, 4.69) is 11.8 Å². The van der Waals surface area contributed by atoms with Crippen LogP contribution >= 0.6 is 0 Å². The van der Waals surface area contributed by atoms with Crippen molar-refractivity contribution in [2.45, 2.75) is 32.4 Å². The van der Waals surface area contributed by atoms with Crippen LogP contribution in [0.4, 0.5) is 4.39 Å². The fourth-order valence-corrected chi connectivity index (χ4v) is 2.70. The van der Waals surface area contributed by atoms with Gasteiger partial charge in [0.1, 0.15) is 5.82 Å². The van der Waals surface area contributed by atoms with E-state index in [1.807, 2.05) is 0 Å². The summed E-state index contributed by atoms with van der Waals surface area (Å²) in [7, 11) is 0. The zero-order valence-corrected chi connectivity index (χ0v) is 11.9. The van der Waals surface area contributed by atoms with Crippen LogP contribution in [-0.2, 0) is 11.3 Å². The zero-order valence-electron chi connectivity index (χ0n) is 11.9. The van der Waals surface area contributed by atoms with Crippen molar-refractivity contribution in [1.82, 2.24) is 4.90 Å². The fourth-order valence-electron chi connectivity index (χ4n) is 2.70. The van der Waals surface area contributed by atoms with Crippen LogP contribution in [-0.4, -0.2) is 34.5 Å². The lowest BCUT2D eigenvalue weighted by molar-refractivity contribution is -0.124. The van der Waals surface area contributed by atoms with Crippen LogP contribution in [0.3, 0.4) is 0 Å². The Morgan fingerprint density at radius 3 is 2.71 bits per heavy atom. The Labute approximate surface area is 122 Å². The third-order valence-corrected chi connectivity index (χ3v) is 4.06. The molecule has 6 heteroatoms. The Hall–Kier alpha value is -1.95. The van der Waals surface area contributed by atoms with Gasteiger partial charge in [-0.05, 0) is 37.5 Å². The molecule has 2 unspecified atom stereocenters. The summed E-state index contributed by atoms with van der Waals surface area (Å²) in [6.07, 6.45) is 1.64. The van der Waals surface area contributed by atoms with Crippen molar-refractivity contribution in [1.29, 1.82) is 0 Å². The molecule has 1 aromatic carbocycles. The number of carbonyl (C=O) groups is 2. The number of likely N-dealkylation sites (tertiary alicyclic amines) is 1. The average Bonchev–Trinajstić information content (AvgIpc) is 2.40. The lowest BCUT2D eigenvalue weighted by Crippen LogP contribution is -2.45. The van der Waals surface area contributed by atoms with Gasteiger partial charge in [-0.25, -0.2) is 9.18 Å². The molecule has 0 spiro atoms. The van der Waals surface area contributed by atoms with Crippen LogP contribution in [0.25, 0.3) is 0 Å². The van der Waals surface area contributed by atoms with Gasteiger partial charge in [0.05, 0.1) is 11.5 Å². The van der Waals surface area contributed by atoms with Crippen molar-refractivity contribution in [2.75, 3.05) is 6.54 Å². The van der Waals surface area contributed by atoms with Gasteiger partial charge >= 0.3 is 5.97 Å². The second-order valence-corrected chi connectivity index (χ2v) is 5.57. The second-order valence-electron chi connectivity index (χ2n) is 5.57. The van der Waals surface area contributed by atoms with Gasteiger partial charge in [0.25, 0.3) is 0 Å². The highest BCUT2D eigenvalue weighted by Gasteiger charge is 2.28. The molecule has 1 saturated heterocycles. The number of carboxylic acid groups (broad SMARTS) is 1. The first-order valence-electron chi connectivity index (χ1n) is 6.93. The number of hydrogen-bond donors (Lipinski definition) is 2. The van der Waals surface area contributed by atoms with E-state index in [9.17, 15) is 14.0 Å². The summed E-state index contributed by atoms with van der Waals surface area (Å²) in [4.78, 5) is 24.2. The van der Waals surface area contributed by atoms with Gasteiger partial charge in [-0.3, -0.25) is 9.69 Å². The fraction of sp³-hybridized carbons (Fsp3) is 0.467. The van der Waals surface area contributed by atoms with Crippen molar-refractivity contribution < 1.29 is 19.1 Å². The standard InChI is InChI=1S/C15H19FN2O3/c1-9-2-4-11(14(17)19)8-18(9)7-10-3-5-12(15(20)21)13(16)6-10/h3,5-6,9,11H,2,4,7-8H2,1H3,(H2,17,19)(H,20,21). The van der Waals surface area contributed by atoms with E-state index >= 15 is 0 Å². The maximum atomic E-state index is 13.7. The second kappa shape index (κ2) is 6.22. The smallest absolute Gasteiger partial charge is 0.338 e. The van der Waals surface area contributed by atoms with Crippen LogP contribution < -0.4 is 5.73 Å². The van der Waals surface area contributed by atoms with E-state index in [0.717, 1.165) is 12.8 Å². The Bertz CT molecular complexity index is 562. The van der Waals surface area contributed by atoms with Gasteiger partial charge in [0.2, 0.25) is 5.91 Å². The number of hydrogen-bond acceptors (Lipinski definition) is 3. The van der Waals surface area contributed by atoms with Gasteiger partial charge in [0.15, 0.2) is 0 Å². The van der Waals surface area contributed by atoms with Crippen molar-refractivity contribution in [3.8, 4) is 0 Å². The summed E-state index contributed by atoms with van der Waals surface area (Å²) >= 11 is 0. The molecule has 1 aliphatic heterocycles. The Kier molecular flexibility index (Phi) is 4.57. The SMILES string of the molecule is CC1CCC(C(N)=O)CN1Cc1ccc(C(=O)O)c(F)c1. The van der Waals surface area contributed by atoms with Crippen molar-refractivity contribution in [3.05, 3.63) is 35.1 Å². The highest BCUT2D eigenvalue weighted by molar-refractivity contribution is 5.87. The first-order chi connectivity index (χ1) is 9.88. The lowest BCUT2D eigenvalue weighted by Gasteiger charge is -2.36. The molecular weight excluding hydrogens is 275 g/mol. The molecule has 3 N–H and O–H groups in total. The molecule has 1 heterocycles. The van der Waals surface area contributed by atoms with E-state index in [-0.39, 0.29) is 23.4 Å². The summed E-state index contributed by atoms with van der Waals surface area (Å²) < 4.78 is 13.7. The van der Waals surface area contributed by atoms with Crippen molar-refractivity contribution in [2.24, 2.45) is 11.7 Å². The number of halogens is 1. The molecule has 5 nitrogen and oxygen atoms in total. The molecule has 0 aromatic heterocycles. The summed E-state index contributed by atoms with van der Waals surface area (Å²) in [5.41, 5.74) is 5.71. The molecular formula is C15H19FN2O3. The summed E-state index contributed by atoms with van der Waals surface area (Å²) in [5.74, 6) is -2.50. The van der Waals surface area contributed by atoms with Crippen LogP contribution in [0.15, 0.2) is 18.2 Å². The van der Waals surface area contributed by atoms with Crippen LogP contribution in [0.2, 0.25) is 0 Å². The van der Waals surface area contributed by atoms with E-state index in [1.165, 1.54) is 12.1 Å². The number of nitrogens with two attached hydrogens (primary N) is 1. The maximum absolute atomic E-state index is 13.7. The Balaban J connectivity index is 2.11. The van der Waals surface area contributed by atoms with Crippen LogP contribution in [0.5, 0.6) is 0 Å². The molecule has 0 bridgehead atoms. The third kappa shape index (κ3) is 3.58. The van der Waals surface area contributed by atoms with Crippen LogP contribution in [0.1, 0.15) is 35.7 Å². The molecule has 2 rings (SSSR count). The number of aromatic carboxylic acids is 1. The monoisotopic (exact) mass is 294 g/mol. The van der Waals surface area contributed by atoms with E-state index in [0.29, 0.717) is 18.7 Å². The van der Waals surface area contributed by atoms with Gasteiger partial charge < -0.3 is 10.8 Å². The summed E-state index contributed by atoms with van der Waals surface area (Å²) in [5, 5.41) is 8.81. The highest BCUT2D eigenvalue weighted by atomic mass is 19.1. The number of nitrogens with zero attached hydrogens (tertiary/aromatic N) is 1. The highest BCUT2D eigenvalue weighted by Crippen LogP contribution is 2.24. The van der Waals surface area contributed by atoms with Crippen molar-refractivity contribution >= 4 is 11.9 Å². The summed E-state index contributed by atoms with van der Waals surface area (Å²) in [6.45, 7) is 3.08. The molecule has 0 radical (unpaired) electrons. The van der Waals surface area contributed by atoms with E-state index < -0.39 is 11.8 Å². The van der Waals surface area contributed by atoms with Crippen LogP contribution in [0, 0.1) is 11.7 Å².